The zero-order chi connectivity index (χ0) is 12.1. The van der Waals surface area contributed by atoms with Gasteiger partial charge in [-0.05, 0) is 12.5 Å². The second-order valence-corrected chi connectivity index (χ2v) is 4.75. The minimum absolute atomic E-state index is 0.0133. The molecule has 0 aliphatic heterocycles. The lowest BCUT2D eigenvalue weighted by atomic mass is 10.1. The first kappa shape index (κ1) is 12.9. The van der Waals surface area contributed by atoms with E-state index in [1.165, 1.54) is 11.3 Å². The molecule has 1 aromatic heterocycles. The van der Waals surface area contributed by atoms with Gasteiger partial charge in [-0.15, -0.1) is 11.3 Å². The maximum absolute atomic E-state index is 11.0. The summed E-state index contributed by atoms with van der Waals surface area (Å²) >= 11 is 1.41. The smallest absolute Gasteiger partial charge is 0.326 e. The number of nitrogens with zero attached hydrogens (tertiary/aromatic N) is 1. The zero-order valence-corrected chi connectivity index (χ0v) is 10.3. The number of hydrogen-bond acceptors (Lipinski definition) is 5. The van der Waals surface area contributed by atoms with E-state index in [0.29, 0.717) is 11.7 Å². The van der Waals surface area contributed by atoms with Gasteiger partial charge < -0.3 is 16.2 Å². The Kier molecular flexibility index (Phi) is 4.70. The molecule has 0 saturated heterocycles. The third kappa shape index (κ3) is 3.46. The predicted molar refractivity (Wildman–Crippen MR) is 64.8 cm³/mol. The van der Waals surface area contributed by atoms with Crippen LogP contribution in [0.25, 0.3) is 0 Å². The Hall–Kier alpha value is -1.14. The molecular formula is C10H17N3O2S. The van der Waals surface area contributed by atoms with Crippen LogP contribution < -0.4 is 11.1 Å². The number of aliphatic carboxylic acids is 1. The standard InChI is InChI=1S/C10H17N3O2S/c1-6(2)8(9(14)15)13-10-12-7(3-4-11)5-16-10/h5-6,8H,3-4,11H2,1-2H3,(H,12,13)(H,14,15). The average molecular weight is 243 g/mol. The number of anilines is 1. The first-order chi connectivity index (χ1) is 7.54. The highest BCUT2D eigenvalue weighted by Crippen LogP contribution is 2.18. The van der Waals surface area contributed by atoms with Gasteiger partial charge in [0.15, 0.2) is 5.13 Å². The largest absolute Gasteiger partial charge is 0.480 e. The fraction of sp³-hybridized carbons (Fsp3) is 0.600. The molecule has 0 amide bonds. The molecule has 0 aliphatic rings. The van der Waals surface area contributed by atoms with Crippen LogP contribution in [0.2, 0.25) is 0 Å². The minimum atomic E-state index is -0.856. The van der Waals surface area contributed by atoms with Gasteiger partial charge in [0.25, 0.3) is 0 Å². The lowest BCUT2D eigenvalue weighted by Gasteiger charge is -2.16. The summed E-state index contributed by atoms with van der Waals surface area (Å²) in [5.74, 6) is -0.843. The van der Waals surface area contributed by atoms with Crippen molar-refractivity contribution in [2.45, 2.75) is 26.3 Å². The summed E-state index contributed by atoms with van der Waals surface area (Å²) in [5.41, 5.74) is 6.32. The second-order valence-electron chi connectivity index (χ2n) is 3.89. The van der Waals surface area contributed by atoms with Crippen LogP contribution in [0, 0.1) is 5.92 Å². The van der Waals surface area contributed by atoms with Gasteiger partial charge in [0.1, 0.15) is 6.04 Å². The maximum Gasteiger partial charge on any atom is 0.326 e. The van der Waals surface area contributed by atoms with Gasteiger partial charge in [-0.3, -0.25) is 0 Å². The van der Waals surface area contributed by atoms with E-state index in [1.54, 1.807) is 0 Å². The highest BCUT2D eigenvalue weighted by molar-refractivity contribution is 7.13. The zero-order valence-electron chi connectivity index (χ0n) is 9.43. The highest BCUT2D eigenvalue weighted by Gasteiger charge is 2.22. The number of hydrogen-bond donors (Lipinski definition) is 3. The molecular weight excluding hydrogens is 226 g/mol. The SMILES string of the molecule is CC(C)C(Nc1nc(CCN)cs1)C(=O)O. The Bertz CT molecular complexity index is 352. The molecule has 90 valence electrons. The normalized spacial score (nSPS) is 12.8. The van der Waals surface area contributed by atoms with Gasteiger partial charge in [-0.1, -0.05) is 13.8 Å². The van der Waals surface area contributed by atoms with Crippen molar-refractivity contribution >= 4 is 22.4 Å². The van der Waals surface area contributed by atoms with Gasteiger partial charge in [-0.2, -0.15) is 0 Å². The molecule has 0 radical (unpaired) electrons. The summed E-state index contributed by atoms with van der Waals surface area (Å²) in [5, 5.41) is 14.5. The van der Waals surface area contributed by atoms with Crippen LogP contribution >= 0.6 is 11.3 Å². The van der Waals surface area contributed by atoms with Gasteiger partial charge in [0.2, 0.25) is 0 Å². The van der Waals surface area contributed by atoms with Gasteiger partial charge >= 0.3 is 5.97 Å². The minimum Gasteiger partial charge on any atom is -0.480 e. The number of rotatable bonds is 6. The number of thiazole rings is 1. The second kappa shape index (κ2) is 5.81. The Labute approximate surface area is 98.7 Å². The van der Waals surface area contributed by atoms with Crippen molar-refractivity contribution in [2.24, 2.45) is 11.7 Å². The van der Waals surface area contributed by atoms with E-state index in [4.69, 9.17) is 10.8 Å². The fourth-order valence-electron chi connectivity index (χ4n) is 1.28. The molecule has 5 nitrogen and oxygen atoms in total. The molecule has 1 unspecified atom stereocenters. The highest BCUT2D eigenvalue weighted by atomic mass is 32.1. The van der Waals surface area contributed by atoms with Gasteiger partial charge in [0, 0.05) is 11.8 Å². The van der Waals surface area contributed by atoms with E-state index in [1.807, 2.05) is 19.2 Å². The van der Waals surface area contributed by atoms with Crippen LogP contribution in [0.4, 0.5) is 5.13 Å². The molecule has 1 aromatic rings. The summed E-state index contributed by atoms with van der Waals surface area (Å²) in [6.45, 7) is 4.27. The molecule has 0 spiro atoms. The van der Waals surface area contributed by atoms with Crippen molar-refractivity contribution in [3.63, 3.8) is 0 Å². The number of nitrogens with two attached hydrogens (primary N) is 1. The Balaban J connectivity index is 2.66. The van der Waals surface area contributed by atoms with Crippen LogP contribution in [0.15, 0.2) is 5.38 Å². The Morgan fingerprint density at radius 1 is 1.69 bits per heavy atom. The summed E-state index contributed by atoms with van der Waals surface area (Å²) in [6.07, 6.45) is 0.720. The number of carboxylic acid groups (broad SMARTS) is 1. The maximum atomic E-state index is 11.0. The summed E-state index contributed by atoms with van der Waals surface area (Å²) < 4.78 is 0. The molecule has 1 atom stereocenters. The first-order valence-corrected chi connectivity index (χ1v) is 6.06. The molecule has 0 saturated carbocycles. The molecule has 6 heteroatoms. The van der Waals surface area contributed by atoms with E-state index < -0.39 is 12.0 Å². The van der Waals surface area contributed by atoms with Crippen molar-refractivity contribution < 1.29 is 9.90 Å². The monoisotopic (exact) mass is 243 g/mol. The van der Waals surface area contributed by atoms with Gasteiger partial charge in [-0.25, -0.2) is 9.78 Å². The van der Waals surface area contributed by atoms with Crippen LogP contribution in [-0.2, 0) is 11.2 Å². The van der Waals surface area contributed by atoms with Crippen molar-refractivity contribution in [2.75, 3.05) is 11.9 Å². The van der Waals surface area contributed by atoms with E-state index >= 15 is 0 Å². The van der Waals surface area contributed by atoms with E-state index in [2.05, 4.69) is 10.3 Å². The van der Waals surface area contributed by atoms with Crippen molar-refractivity contribution in [3.05, 3.63) is 11.1 Å². The lowest BCUT2D eigenvalue weighted by molar-refractivity contribution is -0.138. The van der Waals surface area contributed by atoms with Crippen molar-refractivity contribution in [1.82, 2.24) is 4.98 Å². The van der Waals surface area contributed by atoms with Crippen LogP contribution in [0.3, 0.4) is 0 Å². The summed E-state index contributed by atoms with van der Waals surface area (Å²) in [6, 6.07) is -0.600. The van der Waals surface area contributed by atoms with Crippen molar-refractivity contribution in [1.29, 1.82) is 0 Å². The third-order valence-electron chi connectivity index (χ3n) is 2.16. The molecule has 0 fully saturated rings. The summed E-state index contributed by atoms with van der Waals surface area (Å²) in [7, 11) is 0. The summed E-state index contributed by atoms with van der Waals surface area (Å²) in [4.78, 5) is 15.2. The first-order valence-electron chi connectivity index (χ1n) is 5.18. The van der Waals surface area contributed by atoms with Gasteiger partial charge in [0.05, 0.1) is 5.69 Å². The van der Waals surface area contributed by atoms with Crippen LogP contribution in [0.5, 0.6) is 0 Å². The lowest BCUT2D eigenvalue weighted by Crippen LogP contribution is -2.34. The predicted octanol–water partition coefficient (Wildman–Crippen LogP) is 1.17. The Morgan fingerprint density at radius 3 is 2.88 bits per heavy atom. The van der Waals surface area contributed by atoms with E-state index in [9.17, 15) is 4.79 Å². The molecule has 0 aliphatic carbocycles. The molecule has 0 bridgehead atoms. The third-order valence-corrected chi connectivity index (χ3v) is 2.99. The van der Waals surface area contributed by atoms with E-state index in [0.717, 1.165) is 12.1 Å². The van der Waals surface area contributed by atoms with Crippen LogP contribution in [0.1, 0.15) is 19.5 Å². The molecule has 16 heavy (non-hydrogen) atoms. The number of carboxylic acids is 1. The average Bonchev–Trinajstić information content (AvgIpc) is 2.61. The van der Waals surface area contributed by atoms with Crippen LogP contribution in [-0.4, -0.2) is 28.6 Å². The quantitative estimate of drug-likeness (QED) is 0.698. The van der Waals surface area contributed by atoms with Crippen molar-refractivity contribution in [3.8, 4) is 0 Å². The topological polar surface area (TPSA) is 88.2 Å². The van der Waals surface area contributed by atoms with E-state index in [-0.39, 0.29) is 5.92 Å². The number of carbonyl (C=O) groups is 1. The number of nitrogens with one attached hydrogen (secondary N) is 1. The molecule has 1 rings (SSSR count). The molecule has 4 N–H and O–H groups in total. The number of aromatic nitrogens is 1. The Morgan fingerprint density at radius 2 is 2.38 bits per heavy atom. The molecule has 0 aromatic carbocycles. The molecule has 1 heterocycles. The fourth-order valence-corrected chi connectivity index (χ4v) is 2.07.